The monoisotopic (exact) mass is 394 g/mol. The highest BCUT2D eigenvalue weighted by Gasteiger charge is 2.28. The van der Waals surface area contributed by atoms with Gasteiger partial charge in [-0.2, -0.15) is 4.98 Å². The molecule has 2 heterocycles. The van der Waals surface area contributed by atoms with Crippen LogP contribution in [-0.4, -0.2) is 41.6 Å². The first-order chi connectivity index (χ1) is 13.4. The smallest absolute Gasteiger partial charge is 0.479 e. The Labute approximate surface area is 158 Å². The molecule has 28 heavy (non-hydrogen) atoms. The molecule has 0 aliphatic heterocycles. The fourth-order valence-corrected chi connectivity index (χ4v) is 2.46. The molecule has 1 aromatic carbocycles. The summed E-state index contributed by atoms with van der Waals surface area (Å²) in [6.07, 6.45) is -1.61. The van der Waals surface area contributed by atoms with E-state index in [0.29, 0.717) is 5.69 Å². The van der Waals surface area contributed by atoms with E-state index in [4.69, 9.17) is 9.47 Å². The molecular weight excluding hydrogens is 377 g/mol. The minimum absolute atomic E-state index is 0.122. The van der Waals surface area contributed by atoms with Gasteiger partial charge in [-0.05, 0) is 24.6 Å². The molecule has 0 spiro atoms. The molecule has 0 unspecified atom stereocenters. The van der Waals surface area contributed by atoms with Gasteiger partial charge in [0.2, 0.25) is 5.88 Å². The van der Waals surface area contributed by atoms with Crippen LogP contribution in [0.2, 0.25) is 0 Å². The van der Waals surface area contributed by atoms with Gasteiger partial charge in [0.1, 0.15) is 12.3 Å². The van der Waals surface area contributed by atoms with Crippen LogP contribution in [0.15, 0.2) is 36.7 Å². The number of rotatable bonds is 7. The van der Waals surface area contributed by atoms with Gasteiger partial charge in [-0.25, -0.2) is 4.98 Å². The summed E-state index contributed by atoms with van der Waals surface area (Å²) in [7, 11) is 1.41. The molecule has 0 fully saturated rings. The maximum absolute atomic E-state index is 12.0. The van der Waals surface area contributed by atoms with Crippen LogP contribution >= 0.6 is 0 Å². The van der Waals surface area contributed by atoms with Crippen molar-refractivity contribution in [3.8, 4) is 11.9 Å². The zero-order valence-electron chi connectivity index (χ0n) is 15.1. The van der Waals surface area contributed by atoms with Gasteiger partial charge in [-0.3, -0.25) is 9.72 Å². The summed E-state index contributed by atoms with van der Waals surface area (Å²) >= 11 is 0. The van der Waals surface area contributed by atoms with Crippen LogP contribution in [0, 0.1) is 6.92 Å². The van der Waals surface area contributed by atoms with Crippen molar-refractivity contribution in [1.29, 1.82) is 0 Å². The first-order valence-corrected chi connectivity index (χ1v) is 8.22. The SMILES string of the molecule is COc1nc(OCCOC(F)(F)F)ncc1Nc1ccnc2cc(C)ccc12. The van der Waals surface area contributed by atoms with Crippen LogP contribution in [-0.2, 0) is 4.74 Å². The Balaban J connectivity index is 1.74. The van der Waals surface area contributed by atoms with E-state index in [0.717, 1.165) is 22.2 Å². The van der Waals surface area contributed by atoms with E-state index < -0.39 is 13.0 Å². The third kappa shape index (κ3) is 4.97. The number of ether oxygens (including phenoxy) is 3. The molecule has 3 rings (SSSR count). The lowest BCUT2D eigenvalue weighted by Gasteiger charge is -2.13. The lowest BCUT2D eigenvalue weighted by atomic mass is 10.1. The maximum Gasteiger partial charge on any atom is 0.522 e. The highest BCUT2D eigenvalue weighted by molar-refractivity contribution is 5.93. The van der Waals surface area contributed by atoms with Gasteiger partial charge in [0.05, 0.1) is 25.4 Å². The number of aryl methyl sites for hydroxylation is 1. The summed E-state index contributed by atoms with van der Waals surface area (Å²) in [6, 6.07) is 7.57. The predicted octanol–water partition coefficient (Wildman–Crippen LogP) is 4.00. The van der Waals surface area contributed by atoms with E-state index in [9.17, 15) is 13.2 Å². The van der Waals surface area contributed by atoms with Crippen molar-refractivity contribution in [3.63, 3.8) is 0 Å². The molecule has 148 valence electrons. The molecule has 0 aliphatic rings. The molecule has 0 atom stereocenters. The quantitative estimate of drug-likeness (QED) is 0.607. The third-order valence-electron chi connectivity index (χ3n) is 3.67. The number of nitrogens with one attached hydrogen (secondary N) is 1. The Morgan fingerprint density at radius 2 is 1.89 bits per heavy atom. The molecule has 7 nitrogen and oxygen atoms in total. The van der Waals surface area contributed by atoms with Crippen LogP contribution in [0.5, 0.6) is 11.9 Å². The average Bonchev–Trinajstić information content (AvgIpc) is 2.65. The molecule has 0 radical (unpaired) electrons. The van der Waals surface area contributed by atoms with Gasteiger partial charge >= 0.3 is 12.4 Å². The topological polar surface area (TPSA) is 78.4 Å². The molecule has 0 amide bonds. The van der Waals surface area contributed by atoms with E-state index >= 15 is 0 Å². The number of benzene rings is 1. The van der Waals surface area contributed by atoms with Crippen LogP contribution in [0.3, 0.4) is 0 Å². The van der Waals surface area contributed by atoms with Gasteiger partial charge in [0.25, 0.3) is 0 Å². The Kier molecular flexibility index (Phi) is 5.78. The van der Waals surface area contributed by atoms with Crippen LogP contribution < -0.4 is 14.8 Å². The van der Waals surface area contributed by atoms with Crippen molar-refractivity contribution in [3.05, 3.63) is 42.2 Å². The Bertz CT molecular complexity index is 966. The minimum Gasteiger partial charge on any atom is -0.479 e. The van der Waals surface area contributed by atoms with Crippen LogP contribution in [0.25, 0.3) is 10.9 Å². The number of hydrogen-bond acceptors (Lipinski definition) is 7. The highest BCUT2D eigenvalue weighted by atomic mass is 19.4. The number of halogens is 3. The summed E-state index contributed by atoms with van der Waals surface area (Å²) in [5.41, 5.74) is 3.16. The first-order valence-electron chi connectivity index (χ1n) is 8.22. The van der Waals surface area contributed by atoms with E-state index in [1.807, 2.05) is 25.1 Å². The van der Waals surface area contributed by atoms with E-state index in [1.165, 1.54) is 13.3 Å². The van der Waals surface area contributed by atoms with Gasteiger partial charge in [-0.15, -0.1) is 13.2 Å². The van der Waals surface area contributed by atoms with E-state index in [2.05, 4.69) is 25.0 Å². The summed E-state index contributed by atoms with van der Waals surface area (Å²) in [5, 5.41) is 4.08. The molecular formula is C18H17F3N4O3. The summed E-state index contributed by atoms with van der Waals surface area (Å²) in [5.74, 6) is 0.179. The molecule has 3 aromatic rings. The number of nitrogens with zero attached hydrogens (tertiary/aromatic N) is 3. The largest absolute Gasteiger partial charge is 0.522 e. The number of fused-ring (bicyclic) bond motifs is 1. The van der Waals surface area contributed by atoms with Crippen molar-refractivity contribution in [2.45, 2.75) is 13.3 Å². The molecule has 0 saturated carbocycles. The Morgan fingerprint density at radius 3 is 2.64 bits per heavy atom. The number of hydrogen-bond donors (Lipinski definition) is 1. The second-order valence-corrected chi connectivity index (χ2v) is 5.72. The van der Waals surface area contributed by atoms with E-state index in [-0.39, 0.29) is 18.5 Å². The first kappa shape index (κ1) is 19.6. The number of alkyl halides is 3. The summed E-state index contributed by atoms with van der Waals surface area (Å²) in [4.78, 5) is 12.4. The van der Waals surface area contributed by atoms with Crippen molar-refractivity contribution < 1.29 is 27.4 Å². The fourth-order valence-electron chi connectivity index (χ4n) is 2.46. The maximum atomic E-state index is 12.0. The highest BCUT2D eigenvalue weighted by Crippen LogP contribution is 2.30. The molecule has 0 aliphatic carbocycles. The van der Waals surface area contributed by atoms with Crippen molar-refractivity contribution in [2.24, 2.45) is 0 Å². The normalized spacial score (nSPS) is 11.5. The number of pyridine rings is 1. The van der Waals surface area contributed by atoms with Crippen molar-refractivity contribution in [2.75, 3.05) is 25.6 Å². The predicted molar refractivity (Wildman–Crippen MR) is 95.8 cm³/mol. The Hall–Kier alpha value is -3.14. The van der Waals surface area contributed by atoms with Crippen molar-refractivity contribution in [1.82, 2.24) is 15.0 Å². The number of aromatic nitrogens is 3. The zero-order valence-corrected chi connectivity index (χ0v) is 15.1. The second-order valence-electron chi connectivity index (χ2n) is 5.72. The molecule has 0 saturated heterocycles. The van der Waals surface area contributed by atoms with Gasteiger partial charge < -0.3 is 14.8 Å². The van der Waals surface area contributed by atoms with Gasteiger partial charge in [0, 0.05) is 17.3 Å². The summed E-state index contributed by atoms with van der Waals surface area (Å²) < 4.78 is 49.8. The summed E-state index contributed by atoms with van der Waals surface area (Å²) in [6.45, 7) is 0.956. The van der Waals surface area contributed by atoms with Gasteiger partial charge in [-0.1, -0.05) is 12.1 Å². The van der Waals surface area contributed by atoms with Crippen molar-refractivity contribution >= 4 is 22.3 Å². The molecule has 2 aromatic heterocycles. The lowest BCUT2D eigenvalue weighted by molar-refractivity contribution is -0.325. The zero-order chi connectivity index (χ0) is 20.1. The standard InChI is InChI=1S/C18H17F3N4O3/c1-11-3-4-12-13(5-6-22-14(12)9-11)24-15-10-23-17(25-16(15)26-2)27-7-8-28-18(19,20)21/h3-6,9-10H,7-8H2,1-2H3,(H,22,24). The molecule has 1 N–H and O–H groups in total. The minimum atomic E-state index is -4.71. The average molecular weight is 394 g/mol. The van der Waals surface area contributed by atoms with Crippen LogP contribution in [0.4, 0.5) is 24.5 Å². The van der Waals surface area contributed by atoms with Crippen LogP contribution in [0.1, 0.15) is 5.56 Å². The number of methoxy groups -OCH3 is 1. The second kappa shape index (κ2) is 8.26. The van der Waals surface area contributed by atoms with E-state index in [1.54, 1.807) is 12.3 Å². The molecule has 0 bridgehead atoms. The third-order valence-corrected chi connectivity index (χ3v) is 3.67. The lowest BCUT2D eigenvalue weighted by Crippen LogP contribution is -2.18. The Morgan fingerprint density at radius 1 is 1.07 bits per heavy atom. The number of anilines is 2. The fraction of sp³-hybridized carbons (Fsp3) is 0.278. The molecule has 10 heteroatoms. The van der Waals surface area contributed by atoms with Gasteiger partial charge in [0.15, 0.2) is 0 Å².